The van der Waals surface area contributed by atoms with Gasteiger partial charge in [-0.25, -0.2) is 4.79 Å². The van der Waals surface area contributed by atoms with Crippen molar-refractivity contribution in [1.82, 2.24) is 4.90 Å². The zero-order valence-corrected chi connectivity index (χ0v) is 9.84. The van der Waals surface area contributed by atoms with Gasteiger partial charge in [0.2, 0.25) is 0 Å². The molecule has 14 heavy (non-hydrogen) atoms. The molecular weight excluding hydrogens is 242 g/mol. The number of benzene rings is 1. The van der Waals surface area contributed by atoms with Crippen molar-refractivity contribution in [3.05, 3.63) is 34.3 Å². The Morgan fingerprint density at radius 1 is 1.50 bits per heavy atom. The molecule has 1 aromatic carbocycles. The van der Waals surface area contributed by atoms with Gasteiger partial charge in [-0.1, -0.05) is 28.1 Å². The summed E-state index contributed by atoms with van der Waals surface area (Å²) in [7, 11) is 3.85. The van der Waals surface area contributed by atoms with Crippen molar-refractivity contribution in [2.24, 2.45) is 0 Å². The number of rotatable bonds is 3. The monoisotopic (exact) mass is 253 g/mol. The first-order valence-electron chi connectivity index (χ1n) is 4.28. The molecule has 0 N–H and O–H groups in total. The van der Waals surface area contributed by atoms with Gasteiger partial charge in [0.05, 0.1) is 5.57 Å². The third-order valence-electron chi connectivity index (χ3n) is 1.77. The number of nitrogens with zero attached hydrogens (tertiary/aromatic N) is 1. The van der Waals surface area contributed by atoms with Crippen molar-refractivity contribution in [3.8, 4) is 0 Å². The van der Waals surface area contributed by atoms with Crippen LogP contribution in [-0.2, 0) is 4.79 Å². The largest absolute Gasteiger partial charge is 0.304 e. The van der Waals surface area contributed by atoms with Crippen molar-refractivity contribution in [2.75, 3.05) is 20.6 Å². The van der Waals surface area contributed by atoms with Crippen LogP contribution in [0.1, 0.15) is 5.56 Å². The normalized spacial score (nSPS) is 10.0. The van der Waals surface area contributed by atoms with E-state index in [0.717, 1.165) is 10.0 Å². The van der Waals surface area contributed by atoms with E-state index in [1.54, 1.807) is 0 Å². The van der Waals surface area contributed by atoms with Gasteiger partial charge in [-0.3, -0.25) is 0 Å². The van der Waals surface area contributed by atoms with Gasteiger partial charge in [-0.15, -0.1) is 0 Å². The van der Waals surface area contributed by atoms with Crippen LogP contribution in [-0.4, -0.2) is 31.5 Å². The lowest BCUT2D eigenvalue weighted by Crippen LogP contribution is -2.14. The molecule has 3 heteroatoms. The van der Waals surface area contributed by atoms with E-state index in [2.05, 4.69) is 15.9 Å². The molecule has 0 bridgehead atoms. The molecule has 0 atom stereocenters. The van der Waals surface area contributed by atoms with E-state index in [1.165, 1.54) is 0 Å². The highest BCUT2D eigenvalue weighted by molar-refractivity contribution is 9.10. The van der Waals surface area contributed by atoms with Crippen LogP contribution in [0.25, 0.3) is 5.57 Å². The third-order valence-corrected chi connectivity index (χ3v) is 2.26. The van der Waals surface area contributed by atoms with Crippen LogP contribution >= 0.6 is 15.9 Å². The summed E-state index contributed by atoms with van der Waals surface area (Å²) in [6.07, 6.45) is 0. The minimum Gasteiger partial charge on any atom is -0.304 e. The highest BCUT2D eigenvalue weighted by Gasteiger charge is 2.04. The summed E-state index contributed by atoms with van der Waals surface area (Å²) >= 11 is 3.37. The summed E-state index contributed by atoms with van der Waals surface area (Å²) in [4.78, 5) is 12.7. The summed E-state index contributed by atoms with van der Waals surface area (Å²) < 4.78 is 0.974. The quantitative estimate of drug-likeness (QED) is 0.771. The Balaban J connectivity index is 2.96. The summed E-state index contributed by atoms with van der Waals surface area (Å²) in [5.74, 6) is 1.98. The number of halogens is 1. The highest BCUT2D eigenvalue weighted by Crippen LogP contribution is 2.17. The van der Waals surface area contributed by atoms with Gasteiger partial charge in [0.1, 0.15) is 5.94 Å². The molecule has 2 nitrogen and oxygen atoms in total. The average molecular weight is 254 g/mol. The van der Waals surface area contributed by atoms with Gasteiger partial charge in [0.25, 0.3) is 0 Å². The smallest absolute Gasteiger partial charge is 0.129 e. The Morgan fingerprint density at radius 3 is 2.71 bits per heavy atom. The average Bonchev–Trinajstić information content (AvgIpc) is 2.14. The maximum Gasteiger partial charge on any atom is 0.129 e. The fraction of sp³-hybridized carbons (Fsp3) is 0.273. The molecule has 1 aromatic rings. The zero-order chi connectivity index (χ0) is 10.6. The number of hydrogen-bond donors (Lipinski definition) is 0. The molecule has 0 amide bonds. The topological polar surface area (TPSA) is 20.3 Å². The van der Waals surface area contributed by atoms with Crippen molar-refractivity contribution in [1.29, 1.82) is 0 Å². The Bertz CT molecular complexity index is 367. The molecule has 0 saturated carbocycles. The molecule has 0 unspecified atom stereocenters. The second-order valence-corrected chi connectivity index (χ2v) is 4.24. The van der Waals surface area contributed by atoms with Crippen LogP contribution in [0.5, 0.6) is 0 Å². The lowest BCUT2D eigenvalue weighted by atomic mass is 10.1. The molecular formula is C11H12BrNO. The van der Waals surface area contributed by atoms with Crippen LogP contribution in [0.4, 0.5) is 0 Å². The number of hydrogen-bond acceptors (Lipinski definition) is 2. The van der Waals surface area contributed by atoms with E-state index < -0.39 is 0 Å². The van der Waals surface area contributed by atoms with Gasteiger partial charge >= 0.3 is 0 Å². The van der Waals surface area contributed by atoms with Gasteiger partial charge in [-0.05, 0) is 31.8 Å². The van der Waals surface area contributed by atoms with Crippen LogP contribution < -0.4 is 0 Å². The van der Waals surface area contributed by atoms with E-state index in [9.17, 15) is 4.79 Å². The predicted molar refractivity (Wildman–Crippen MR) is 61.8 cm³/mol. The van der Waals surface area contributed by atoms with Gasteiger partial charge in [0, 0.05) is 11.0 Å². The predicted octanol–water partition coefficient (Wildman–Crippen LogP) is 2.23. The number of likely N-dealkylation sites (N-methyl/N-ethyl adjacent to an activating group) is 1. The van der Waals surface area contributed by atoms with Gasteiger partial charge in [-0.2, -0.15) is 0 Å². The SMILES string of the molecule is CN(C)CC(=C=O)c1cccc(Br)c1. The van der Waals surface area contributed by atoms with Crippen LogP contribution in [0.15, 0.2) is 28.7 Å². The second kappa shape index (κ2) is 5.11. The fourth-order valence-electron chi connectivity index (χ4n) is 1.17. The van der Waals surface area contributed by atoms with Crippen LogP contribution in [0, 0.1) is 0 Å². The third kappa shape index (κ3) is 3.11. The van der Waals surface area contributed by atoms with Crippen LogP contribution in [0.3, 0.4) is 0 Å². The standard InChI is InChI=1S/C11H12BrNO/c1-13(2)7-10(8-14)9-4-3-5-11(12)6-9/h3-6H,7H2,1-2H3. The Kier molecular flexibility index (Phi) is 4.08. The molecule has 0 heterocycles. The molecule has 0 aliphatic heterocycles. The molecule has 0 aliphatic carbocycles. The summed E-state index contributed by atoms with van der Waals surface area (Å²) in [5, 5.41) is 0. The highest BCUT2D eigenvalue weighted by atomic mass is 79.9. The van der Waals surface area contributed by atoms with E-state index in [1.807, 2.05) is 49.2 Å². The first kappa shape index (κ1) is 11.2. The van der Waals surface area contributed by atoms with Gasteiger partial charge in [0.15, 0.2) is 0 Å². The minimum absolute atomic E-state index is 0.611. The van der Waals surface area contributed by atoms with E-state index in [4.69, 9.17) is 0 Å². The summed E-state index contributed by atoms with van der Waals surface area (Å²) in [5.41, 5.74) is 1.60. The summed E-state index contributed by atoms with van der Waals surface area (Å²) in [6, 6.07) is 7.67. The fourth-order valence-corrected chi connectivity index (χ4v) is 1.57. The van der Waals surface area contributed by atoms with E-state index in [-0.39, 0.29) is 0 Å². The second-order valence-electron chi connectivity index (χ2n) is 3.33. The summed E-state index contributed by atoms with van der Waals surface area (Å²) in [6.45, 7) is 0.611. The number of carbonyl (C=O) groups excluding carboxylic acids is 1. The Labute approximate surface area is 92.4 Å². The molecule has 74 valence electrons. The van der Waals surface area contributed by atoms with Crippen molar-refractivity contribution < 1.29 is 4.79 Å². The first-order chi connectivity index (χ1) is 6.63. The lowest BCUT2D eigenvalue weighted by Gasteiger charge is -2.10. The molecule has 0 aliphatic rings. The maximum atomic E-state index is 10.7. The maximum absolute atomic E-state index is 10.7. The minimum atomic E-state index is 0.611. The van der Waals surface area contributed by atoms with Crippen molar-refractivity contribution in [3.63, 3.8) is 0 Å². The molecule has 0 aromatic heterocycles. The lowest BCUT2D eigenvalue weighted by molar-refractivity contribution is 0.462. The molecule has 1 rings (SSSR count). The van der Waals surface area contributed by atoms with Gasteiger partial charge < -0.3 is 4.90 Å². The van der Waals surface area contributed by atoms with E-state index in [0.29, 0.717) is 12.1 Å². The van der Waals surface area contributed by atoms with Crippen molar-refractivity contribution in [2.45, 2.75) is 0 Å². The van der Waals surface area contributed by atoms with Crippen molar-refractivity contribution >= 4 is 27.4 Å². The molecule has 0 radical (unpaired) electrons. The first-order valence-corrected chi connectivity index (χ1v) is 5.07. The van der Waals surface area contributed by atoms with Crippen LogP contribution in [0.2, 0.25) is 0 Å². The zero-order valence-electron chi connectivity index (χ0n) is 8.25. The Hall–Kier alpha value is -0.890. The molecule has 0 fully saturated rings. The van der Waals surface area contributed by atoms with E-state index >= 15 is 0 Å². The molecule has 0 spiro atoms. The molecule has 0 saturated heterocycles. The Morgan fingerprint density at radius 2 is 2.21 bits per heavy atom.